The summed E-state index contributed by atoms with van der Waals surface area (Å²) >= 11 is 0. The van der Waals surface area contributed by atoms with E-state index >= 15 is 0 Å². The summed E-state index contributed by atoms with van der Waals surface area (Å²) in [6.07, 6.45) is 9.38. The lowest BCUT2D eigenvalue weighted by atomic mass is 10.1. The van der Waals surface area contributed by atoms with Crippen molar-refractivity contribution < 1.29 is 0 Å². The second-order valence-electron chi connectivity index (χ2n) is 17.2. The van der Waals surface area contributed by atoms with Crippen LogP contribution < -0.4 is 19.6 Å². The van der Waals surface area contributed by atoms with Crippen LogP contribution in [0.1, 0.15) is 51.4 Å². The lowest BCUT2D eigenvalue weighted by molar-refractivity contribution is 0.949. The standard InChI is InChI=1S/C48H46N12/c1-2-22-57(21-1)33-17-9-13-29-37(33)45-49-41(29)54-46-39-31(15-11-19-35(39)59-25-5-6-26-59)43(51-46)56-48-40-32(16-12-20-36(40)60-27-7-8-28-60)44(52-48)55-47-38-30(42(50-47)53-45)14-10-18-34(38)58-23-3-4-24-58/h9-20H,1-8,21-28H2,(H2,49,50,51,52,53,54,55,56). The van der Waals surface area contributed by atoms with Gasteiger partial charge in [0.05, 0.1) is 21.9 Å². The van der Waals surface area contributed by atoms with Crippen LogP contribution in [0.2, 0.25) is 0 Å². The van der Waals surface area contributed by atoms with Crippen molar-refractivity contribution in [3.8, 4) is 45.6 Å². The largest absolute Gasteiger partial charge is 0.371 e. The van der Waals surface area contributed by atoms with Crippen LogP contribution in [0.3, 0.4) is 0 Å². The van der Waals surface area contributed by atoms with Crippen LogP contribution in [-0.4, -0.2) is 92.2 Å². The van der Waals surface area contributed by atoms with Gasteiger partial charge in [0.1, 0.15) is 22.6 Å². The first kappa shape index (κ1) is 34.3. The van der Waals surface area contributed by atoms with Gasteiger partial charge in [-0.1, -0.05) is 48.5 Å². The molecular weight excluding hydrogens is 745 g/mol. The van der Waals surface area contributed by atoms with Gasteiger partial charge in [0.15, 0.2) is 23.3 Å². The maximum absolute atomic E-state index is 5.50. The Morgan fingerprint density at radius 3 is 1.07 bits per heavy atom. The van der Waals surface area contributed by atoms with Crippen molar-refractivity contribution in [2.24, 2.45) is 0 Å². The van der Waals surface area contributed by atoms with E-state index in [2.05, 4.69) is 102 Å². The Kier molecular flexibility index (Phi) is 7.71. The van der Waals surface area contributed by atoms with E-state index in [9.17, 15) is 0 Å². The Hall–Kier alpha value is -6.56. The molecule has 0 atom stereocenters. The monoisotopic (exact) mass is 790 g/mol. The average molecular weight is 791 g/mol. The SMILES string of the molecule is c1cc2c(c(N3CCCC3)c1)-c1nc-2nc2[nH]c(nc3nc(nc4[nH]c(n1)c1cccc(N5CCCC5)c41)-c1cccc(N4CCCC4)c1-3)c1cccc(N3CCCC3)c21. The third-order valence-electron chi connectivity index (χ3n) is 13.6. The van der Waals surface area contributed by atoms with Crippen LogP contribution in [0.25, 0.3) is 89.7 Å². The highest BCUT2D eigenvalue weighted by Gasteiger charge is 2.30. The molecule has 2 N–H and O–H groups in total. The predicted octanol–water partition coefficient (Wildman–Crippen LogP) is 9.27. The van der Waals surface area contributed by atoms with E-state index in [-0.39, 0.29) is 0 Å². The molecule has 0 unspecified atom stereocenters. The lowest BCUT2D eigenvalue weighted by Crippen LogP contribution is -2.18. The third kappa shape index (κ3) is 5.28. The van der Waals surface area contributed by atoms with Gasteiger partial charge in [-0.25, -0.2) is 29.9 Å². The first-order valence-corrected chi connectivity index (χ1v) is 22.1. The van der Waals surface area contributed by atoms with Gasteiger partial charge in [0, 0.05) is 97.0 Å². The zero-order chi connectivity index (χ0) is 39.3. The number of hydrogen-bond donors (Lipinski definition) is 2. The van der Waals surface area contributed by atoms with E-state index in [1.807, 2.05) is 0 Å². The normalized spacial score (nSPS) is 17.5. The second kappa shape index (κ2) is 13.5. The van der Waals surface area contributed by atoms with Gasteiger partial charge in [-0.15, -0.1) is 0 Å². The van der Waals surface area contributed by atoms with E-state index in [1.165, 1.54) is 62.7 Å². The molecule has 8 bridgehead atoms. The number of fused-ring (bicyclic) bond motifs is 20. The van der Waals surface area contributed by atoms with Gasteiger partial charge < -0.3 is 29.6 Å². The summed E-state index contributed by atoms with van der Waals surface area (Å²) in [6, 6.07) is 26.2. The Balaban J connectivity index is 1.19. The van der Waals surface area contributed by atoms with E-state index < -0.39 is 0 Å². The zero-order valence-corrected chi connectivity index (χ0v) is 33.7. The summed E-state index contributed by atoms with van der Waals surface area (Å²) in [5.41, 5.74) is 11.7. The molecule has 0 radical (unpaired) electrons. The molecule has 4 aromatic carbocycles. The maximum atomic E-state index is 5.50. The second-order valence-corrected chi connectivity index (χ2v) is 17.2. The van der Waals surface area contributed by atoms with Gasteiger partial charge in [-0.05, 0) is 75.6 Å². The molecule has 3 aromatic heterocycles. The molecule has 9 heterocycles. The van der Waals surface area contributed by atoms with Gasteiger partial charge >= 0.3 is 0 Å². The Bertz CT molecular complexity index is 2840. The number of aromatic amines is 2. The summed E-state index contributed by atoms with van der Waals surface area (Å²) in [5, 5.41) is 4.15. The van der Waals surface area contributed by atoms with Crippen molar-refractivity contribution in [3.05, 3.63) is 72.8 Å². The summed E-state index contributed by atoms with van der Waals surface area (Å²) in [7, 11) is 0. The van der Waals surface area contributed by atoms with E-state index in [0.29, 0.717) is 23.3 Å². The minimum atomic E-state index is 0.650. The van der Waals surface area contributed by atoms with Gasteiger partial charge in [0.2, 0.25) is 0 Å². The number of benzene rings is 4. The quantitative estimate of drug-likeness (QED) is 0.178. The van der Waals surface area contributed by atoms with Crippen molar-refractivity contribution in [2.75, 3.05) is 72.0 Å². The van der Waals surface area contributed by atoms with Crippen LogP contribution in [0.5, 0.6) is 0 Å². The van der Waals surface area contributed by atoms with Crippen LogP contribution in [-0.2, 0) is 0 Å². The molecule has 4 saturated heterocycles. The number of nitrogens with zero attached hydrogens (tertiary/aromatic N) is 10. The van der Waals surface area contributed by atoms with Crippen LogP contribution in [0, 0.1) is 0 Å². The molecule has 6 aliphatic rings. The molecule has 0 amide bonds. The number of nitrogens with one attached hydrogen (secondary N) is 2. The van der Waals surface area contributed by atoms with Crippen molar-refractivity contribution in [1.82, 2.24) is 39.9 Å². The lowest BCUT2D eigenvalue weighted by Gasteiger charge is -2.20. The fourth-order valence-electron chi connectivity index (χ4n) is 10.8. The Labute approximate surface area is 347 Å². The van der Waals surface area contributed by atoms with Gasteiger partial charge in [0.25, 0.3) is 0 Å². The van der Waals surface area contributed by atoms with Gasteiger partial charge in [-0.2, -0.15) is 0 Å². The number of aromatic nitrogens is 8. The first-order valence-electron chi connectivity index (χ1n) is 22.1. The summed E-state index contributed by atoms with van der Waals surface area (Å²) < 4.78 is 0. The maximum Gasteiger partial charge on any atom is 0.166 e. The highest BCUT2D eigenvalue weighted by Crippen LogP contribution is 2.45. The minimum absolute atomic E-state index is 0.650. The molecule has 12 nitrogen and oxygen atoms in total. The molecule has 13 rings (SSSR count). The molecule has 298 valence electrons. The summed E-state index contributed by atoms with van der Waals surface area (Å²) in [4.78, 5) is 50.2. The molecule has 0 aliphatic carbocycles. The molecule has 0 spiro atoms. The molecule has 6 aliphatic heterocycles. The Morgan fingerprint density at radius 2 is 0.667 bits per heavy atom. The molecule has 12 heteroatoms. The van der Waals surface area contributed by atoms with Crippen molar-refractivity contribution in [1.29, 1.82) is 0 Å². The van der Waals surface area contributed by atoms with Crippen molar-refractivity contribution in [3.63, 3.8) is 0 Å². The van der Waals surface area contributed by atoms with Crippen LogP contribution >= 0.6 is 0 Å². The van der Waals surface area contributed by atoms with Crippen LogP contribution in [0.15, 0.2) is 72.8 Å². The molecule has 60 heavy (non-hydrogen) atoms. The summed E-state index contributed by atoms with van der Waals surface area (Å²) in [5.74, 6) is 2.62. The minimum Gasteiger partial charge on any atom is -0.371 e. The highest BCUT2D eigenvalue weighted by atomic mass is 15.2. The summed E-state index contributed by atoms with van der Waals surface area (Å²) in [6.45, 7) is 8.10. The smallest absolute Gasteiger partial charge is 0.166 e. The van der Waals surface area contributed by atoms with Crippen molar-refractivity contribution >= 4 is 66.9 Å². The highest BCUT2D eigenvalue weighted by molar-refractivity contribution is 6.13. The number of hydrogen-bond acceptors (Lipinski definition) is 10. The average Bonchev–Trinajstić information content (AvgIpc) is 4.12. The third-order valence-corrected chi connectivity index (χ3v) is 13.6. The van der Waals surface area contributed by atoms with E-state index in [0.717, 1.165) is 130 Å². The molecular formula is C48H46N12. The zero-order valence-electron chi connectivity index (χ0n) is 33.7. The van der Waals surface area contributed by atoms with E-state index in [1.54, 1.807) is 0 Å². The topological polar surface area (TPSA) is 122 Å². The van der Waals surface area contributed by atoms with Crippen molar-refractivity contribution in [2.45, 2.75) is 51.4 Å². The predicted molar refractivity (Wildman–Crippen MR) is 242 cm³/mol. The molecule has 4 fully saturated rings. The number of H-pyrrole nitrogens is 2. The fourth-order valence-corrected chi connectivity index (χ4v) is 10.8. The molecule has 7 aromatic rings. The Morgan fingerprint density at radius 1 is 0.333 bits per heavy atom. The first-order chi connectivity index (χ1) is 29.7. The van der Waals surface area contributed by atoms with Crippen LogP contribution in [0.4, 0.5) is 22.7 Å². The number of anilines is 4. The van der Waals surface area contributed by atoms with Gasteiger partial charge in [-0.3, -0.25) is 0 Å². The molecule has 0 saturated carbocycles. The fraction of sp³-hybridized carbons (Fsp3) is 0.333. The van der Waals surface area contributed by atoms with E-state index in [4.69, 9.17) is 29.9 Å². The number of rotatable bonds is 4.